The Labute approximate surface area is 148 Å². The second kappa shape index (κ2) is 7.12. The predicted octanol–water partition coefficient (Wildman–Crippen LogP) is 3.50. The van der Waals surface area contributed by atoms with E-state index in [0.717, 1.165) is 37.4 Å². The van der Waals surface area contributed by atoms with Crippen molar-refractivity contribution in [2.24, 2.45) is 0 Å². The Bertz CT molecular complexity index is 748. The van der Waals surface area contributed by atoms with E-state index in [1.165, 1.54) is 12.3 Å². The fourth-order valence-corrected chi connectivity index (χ4v) is 3.28. The lowest BCUT2D eigenvalue weighted by Gasteiger charge is -2.33. The number of halogens is 1. The number of anilines is 1. The fourth-order valence-electron chi connectivity index (χ4n) is 2.69. The van der Waals surface area contributed by atoms with E-state index in [0.29, 0.717) is 10.4 Å². The molecule has 0 bridgehead atoms. The molecule has 0 atom stereocenters. The molecule has 0 N–H and O–H groups in total. The largest absolute Gasteiger partial charge is 0.474 e. The molecule has 24 heavy (non-hydrogen) atoms. The quantitative estimate of drug-likeness (QED) is 0.584. The number of piperidine rings is 1. The number of hydrogen-bond donors (Lipinski definition) is 0. The molecule has 3 heterocycles. The van der Waals surface area contributed by atoms with Crippen molar-refractivity contribution in [3.63, 3.8) is 0 Å². The van der Waals surface area contributed by atoms with Gasteiger partial charge in [0.05, 0.1) is 9.40 Å². The monoisotopic (exact) mass is 392 g/mol. The van der Waals surface area contributed by atoms with E-state index in [9.17, 15) is 10.1 Å². The number of ether oxygens (including phenoxy) is 1. The van der Waals surface area contributed by atoms with Gasteiger partial charge in [0.15, 0.2) is 0 Å². The first-order valence-corrected chi connectivity index (χ1v) is 8.47. The molecule has 3 rings (SSSR count). The van der Waals surface area contributed by atoms with Crippen LogP contribution in [0.1, 0.15) is 18.5 Å². The Kier molecular flexibility index (Phi) is 4.94. The van der Waals surface area contributed by atoms with Crippen molar-refractivity contribution in [2.45, 2.75) is 25.9 Å². The maximum atomic E-state index is 10.8. The van der Waals surface area contributed by atoms with Crippen LogP contribution in [0.4, 0.5) is 11.5 Å². The van der Waals surface area contributed by atoms with Gasteiger partial charge in [-0.05, 0) is 28.9 Å². The molecule has 1 aliphatic heterocycles. The van der Waals surface area contributed by atoms with Gasteiger partial charge in [-0.1, -0.05) is 6.07 Å². The van der Waals surface area contributed by atoms with Gasteiger partial charge in [0.2, 0.25) is 5.88 Å². The third-order valence-corrected chi connectivity index (χ3v) is 4.49. The maximum absolute atomic E-state index is 10.8. The van der Waals surface area contributed by atoms with Crippen LogP contribution in [0.5, 0.6) is 5.88 Å². The van der Waals surface area contributed by atoms with Crippen LogP contribution in [0.2, 0.25) is 0 Å². The first-order valence-electron chi connectivity index (χ1n) is 7.68. The molecule has 0 saturated carbocycles. The zero-order valence-corrected chi connectivity index (χ0v) is 14.8. The molecule has 0 amide bonds. The van der Waals surface area contributed by atoms with Gasteiger partial charge in [0, 0.05) is 43.8 Å². The van der Waals surface area contributed by atoms with Gasteiger partial charge in [-0.15, -0.1) is 0 Å². The van der Waals surface area contributed by atoms with Crippen LogP contribution in [-0.2, 0) is 0 Å². The highest BCUT2D eigenvalue weighted by Gasteiger charge is 2.24. The normalized spacial score (nSPS) is 15.3. The standard InChI is InChI=1S/C16H17BrN4O3/c1-11-3-2-4-15(19-11)24-13-5-7-20(8-6-13)16-14(17)9-12(10-18-16)21(22)23/h2-4,9-10,13H,5-8H2,1H3. The number of nitrogens with zero attached hydrogens (tertiary/aromatic N) is 4. The summed E-state index contributed by atoms with van der Waals surface area (Å²) in [5.41, 5.74) is 0.915. The van der Waals surface area contributed by atoms with Crippen molar-refractivity contribution in [2.75, 3.05) is 18.0 Å². The lowest BCUT2D eigenvalue weighted by atomic mass is 10.1. The molecule has 2 aromatic heterocycles. The number of hydrogen-bond acceptors (Lipinski definition) is 6. The third kappa shape index (κ3) is 3.81. The van der Waals surface area contributed by atoms with E-state index in [-0.39, 0.29) is 11.8 Å². The number of aryl methyl sites for hydroxylation is 1. The molecule has 0 aliphatic carbocycles. The molecular weight excluding hydrogens is 376 g/mol. The highest BCUT2D eigenvalue weighted by Crippen LogP contribution is 2.30. The lowest BCUT2D eigenvalue weighted by molar-refractivity contribution is -0.385. The van der Waals surface area contributed by atoms with Crippen molar-refractivity contribution in [1.82, 2.24) is 9.97 Å². The summed E-state index contributed by atoms with van der Waals surface area (Å²) in [5, 5.41) is 10.8. The first-order chi connectivity index (χ1) is 11.5. The third-order valence-electron chi connectivity index (χ3n) is 3.91. The van der Waals surface area contributed by atoms with E-state index < -0.39 is 4.92 Å². The minimum atomic E-state index is -0.448. The van der Waals surface area contributed by atoms with E-state index in [4.69, 9.17) is 4.74 Å². The minimum absolute atomic E-state index is 0.0191. The molecule has 7 nitrogen and oxygen atoms in total. The Morgan fingerprint density at radius 1 is 1.38 bits per heavy atom. The van der Waals surface area contributed by atoms with Gasteiger partial charge in [0.25, 0.3) is 5.69 Å². The zero-order valence-electron chi connectivity index (χ0n) is 13.2. The molecule has 1 aliphatic rings. The Morgan fingerprint density at radius 2 is 2.12 bits per heavy atom. The second-order valence-electron chi connectivity index (χ2n) is 5.68. The summed E-state index contributed by atoms with van der Waals surface area (Å²) in [6.07, 6.45) is 3.10. The molecule has 0 unspecified atom stereocenters. The molecule has 1 saturated heterocycles. The summed E-state index contributed by atoms with van der Waals surface area (Å²) < 4.78 is 6.58. The maximum Gasteiger partial charge on any atom is 0.288 e. The zero-order chi connectivity index (χ0) is 17.1. The second-order valence-corrected chi connectivity index (χ2v) is 6.53. The lowest BCUT2D eigenvalue weighted by Crippen LogP contribution is -2.39. The van der Waals surface area contributed by atoms with Crippen molar-refractivity contribution >= 4 is 27.4 Å². The number of pyridine rings is 2. The van der Waals surface area contributed by atoms with Crippen molar-refractivity contribution in [3.05, 3.63) is 50.7 Å². The topological polar surface area (TPSA) is 81.4 Å². The van der Waals surface area contributed by atoms with Gasteiger partial charge in [0.1, 0.15) is 18.1 Å². The van der Waals surface area contributed by atoms with Crippen LogP contribution in [0, 0.1) is 17.0 Å². The van der Waals surface area contributed by atoms with E-state index in [2.05, 4.69) is 30.8 Å². The Hall–Kier alpha value is -2.22. The smallest absolute Gasteiger partial charge is 0.288 e. The summed E-state index contributed by atoms with van der Waals surface area (Å²) in [7, 11) is 0. The molecule has 0 aromatic carbocycles. The predicted molar refractivity (Wildman–Crippen MR) is 93.4 cm³/mol. The van der Waals surface area contributed by atoms with Gasteiger partial charge < -0.3 is 9.64 Å². The molecule has 126 valence electrons. The van der Waals surface area contributed by atoms with Crippen LogP contribution in [0.3, 0.4) is 0 Å². The highest BCUT2D eigenvalue weighted by atomic mass is 79.9. The Balaban J connectivity index is 1.62. The SMILES string of the molecule is Cc1cccc(OC2CCN(c3ncc([N+](=O)[O-])cc3Br)CC2)n1. The molecular formula is C16H17BrN4O3. The fraction of sp³-hybridized carbons (Fsp3) is 0.375. The van der Waals surface area contributed by atoms with Gasteiger partial charge in [-0.25, -0.2) is 9.97 Å². The van der Waals surface area contributed by atoms with Crippen molar-refractivity contribution in [1.29, 1.82) is 0 Å². The van der Waals surface area contributed by atoms with Crippen LogP contribution in [-0.4, -0.2) is 34.1 Å². The minimum Gasteiger partial charge on any atom is -0.474 e. The van der Waals surface area contributed by atoms with Crippen LogP contribution >= 0.6 is 15.9 Å². The van der Waals surface area contributed by atoms with Crippen molar-refractivity contribution < 1.29 is 9.66 Å². The van der Waals surface area contributed by atoms with Crippen LogP contribution < -0.4 is 9.64 Å². The molecule has 0 radical (unpaired) electrons. The number of aromatic nitrogens is 2. The number of nitro groups is 1. The Morgan fingerprint density at radius 3 is 2.75 bits per heavy atom. The van der Waals surface area contributed by atoms with Crippen LogP contribution in [0.15, 0.2) is 34.9 Å². The van der Waals surface area contributed by atoms with Gasteiger partial charge in [-0.3, -0.25) is 10.1 Å². The van der Waals surface area contributed by atoms with Crippen molar-refractivity contribution in [3.8, 4) is 5.88 Å². The first kappa shape index (κ1) is 16.6. The average molecular weight is 393 g/mol. The summed E-state index contributed by atoms with van der Waals surface area (Å²) >= 11 is 3.38. The van der Waals surface area contributed by atoms with E-state index >= 15 is 0 Å². The summed E-state index contributed by atoms with van der Waals surface area (Å²) in [4.78, 5) is 21.0. The summed E-state index contributed by atoms with van der Waals surface area (Å²) in [6, 6.07) is 7.23. The summed E-state index contributed by atoms with van der Waals surface area (Å²) in [5.74, 6) is 1.39. The molecule has 2 aromatic rings. The van der Waals surface area contributed by atoms with Gasteiger partial charge in [-0.2, -0.15) is 0 Å². The molecule has 0 spiro atoms. The molecule has 8 heteroatoms. The molecule has 1 fully saturated rings. The van der Waals surface area contributed by atoms with Gasteiger partial charge >= 0.3 is 0 Å². The van der Waals surface area contributed by atoms with E-state index in [1.807, 2.05) is 25.1 Å². The average Bonchev–Trinajstić information content (AvgIpc) is 2.55. The highest BCUT2D eigenvalue weighted by molar-refractivity contribution is 9.10. The number of rotatable bonds is 4. The van der Waals surface area contributed by atoms with Crippen LogP contribution in [0.25, 0.3) is 0 Å². The van der Waals surface area contributed by atoms with E-state index in [1.54, 1.807) is 0 Å². The summed E-state index contributed by atoms with van der Waals surface area (Å²) in [6.45, 7) is 3.49.